The highest BCUT2D eigenvalue weighted by atomic mass is 127. The van der Waals surface area contributed by atoms with E-state index in [0.29, 0.717) is 21.1 Å². The minimum absolute atomic E-state index is 0.209. The van der Waals surface area contributed by atoms with Gasteiger partial charge in [0.25, 0.3) is 5.78 Å². The average molecular weight is 530 g/mol. The average Bonchev–Trinajstić information content (AvgIpc) is 2.78. The molecule has 31 heavy (non-hydrogen) atoms. The Kier molecular flexibility index (Phi) is 7.66. The SMILES string of the molecule is O=C(O)C(=O)C=C(O)c1cc(OCc2ccccc2)c(I)c(OCc2ccccc2)c1. The van der Waals surface area contributed by atoms with Gasteiger partial charge in [-0.3, -0.25) is 4.79 Å². The molecular weight excluding hydrogens is 511 g/mol. The molecule has 0 fully saturated rings. The zero-order valence-corrected chi connectivity index (χ0v) is 18.5. The zero-order valence-electron chi connectivity index (χ0n) is 16.3. The smallest absolute Gasteiger partial charge is 0.376 e. The summed E-state index contributed by atoms with van der Waals surface area (Å²) >= 11 is 2.09. The molecule has 158 valence electrons. The van der Waals surface area contributed by atoms with Crippen molar-refractivity contribution in [3.05, 3.63) is 99.1 Å². The summed E-state index contributed by atoms with van der Waals surface area (Å²) in [6.07, 6.45) is 0.659. The van der Waals surface area contributed by atoms with E-state index in [-0.39, 0.29) is 18.8 Å². The molecule has 0 amide bonds. The van der Waals surface area contributed by atoms with E-state index in [2.05, 4.69) is 22.6 Å². The summed E-state index contributed by atoms with van der Waals surface area (Å²) in [6, 6.07) is 22.2. The fraction of sp³-hybridized carbons (Fsp3) is 0.0833. The number of hydrogen-bond acceptors (Lipinski definition) is 5. The summed E-state index contributed by atoms with van der Waals surface area (Å²) < 4.78 is 12.5. The number of halogens is 1. The number of benzene rings is 3. The van der Waals surface area contributed by atoms with Crippen molar-refractivity contribution >= 4 is 40.1 Å². The van der Waals surface area contributed by atoms with Gasteiger partial charge >= 0.3 is 5.97 Å². The van der Waals surface area contributed by atoms with Crippen molar-refractivity contribution < 1.29 is 29.3 Å². The molecule has 2 N–H and O–H groups in total. The van der Waals surface area contributed by atoms with E-state index < -0.39 is 17.5 Å². The van der Waals surface area contributed by atoms with Crippen LogP contribution in [0.25, 0.3) is 5.76 Å². The van der Waals surface area contributed by atoms with Crippen molar-refractivity contribution in [1.29, 1.82) is 0 Å². The molecule has 3 aromatic rings. The van der Waals surface area contributed by atoms with E-state index in [9.17, 15) is 14.7 Å². The molecular formula is C24H19IO6. The summed E-state index contributed by atoms with van der Waals surface area (Å²) in [4.78, 5) is 22.3. The Bertz CT molecular complexity index is 1030. The number of ketones is 1. The number of rotatable bonds is 9. The molecule has 0 radical (unpaired) electrons. The van der Waals surface area contributed by atoms with Gasteiger partial charge in [0, 0.05) is 11.6 Å². The fourth-order valence-electron chi connectivity index (χ4n) is 2.67. The van der Waals surface area contributed by atoms with Crippen LogP contribution in [0.2, 0.25) is 0 Å². The Hall–Kier alpha value is -3.33. The van der Waals surface area contributed by atoms with Crippen LogP contribution in [-0.2, 0) is 22.8 Å². The number of carboxylic acid groups (broad SMARTS) is 1. The summed E-state index contributed by atoms with van der Waals surface area (Å²) in [5, 5.41) is 19.1. The second-order valence-corrected chi connectivity index (χ2v) is 7.61. The minimum atomic E-state index is -1.65. The highest BCUT2D eigenvalue weighted by Crippen LogP contribution is 2.35. The summed E-state index contributed by atoms with van der Waals surface area (Å²) in [5.74, 6) is -2.49. The van der Waals surface area contributed by atoms with Crippen LogP contribution < -0.4 is 9.47 Å². The fourth-order valence-corrected chi connectivity index (χ4v) is 3.29. The first kappa shape index (κ1) is 22.4. The lowest BCUT2D eigenvalue weighted by atomic mass is 10.1. The Morgan fingerprint density at radius 1 is 0.806 bits per heavy atom. The van der Waals surface area contributed by atoms with E-state index >= 15 is 0 Å². The molecule has 6 nitrogen and oxygen atoms in total. The van der Waals surface area contributed by atoms with Crippen LogP contribution >= 0.6 is 22.6 Å². The molecule has 0 heterocycles. The lowest BCUT2D eigenvalue weighted by molar-refractivity contribution is -0.146. The Morgan fingerprint density at radius 3 is 1.68 bits per heavy atom. The predicted molar refractivity (Wildman–Crippen MR) is 124 cm³/mol. The normalized spacial score (nSPS) is 11.1. The first-order valence-electron chi connectivity index (χ1n) is 9.29. The molecule has 0 spiro atoms. The van der Waals surface area contributed by atoms with Crippen LogP contribution in [0.1, 0.15) is 16.7 Å². The third-order valence-corrected chi connectivity index (χ3v) is 5.32. The standard InChI is InChI=1S/C24H19IO6/c25-23-21(30-14-16-7-3-1-4-8-16)11-18(19(26)13-20(27)24(28)29)12-22(23)31-15-17-9-5-2-6-10-17/h1-13,26H,14-15H2,(H,28,29). The molecule has 0 atom stereocenters. The van der Waals surface area contributed by atoms with Crippen molar-refractivity contribution in [2.75, 3.05) is 0 Å². The summed E-state index contributed by atoms with van der Waals surface area (Å²) in [7, 11) is 0. The van der Waals surface area contributed by atoms with Crippen LogP contribution in [0.15, 0.2) is 78.9 Å². The molecule has 7 heteroatoms. The molecule has 0 saturated carbocycles. The first-order chi connectivity index (χ1) is 14.9. The van der Waals surface area contributed by atoms with Crippen molar-refractivity contribution in [3.8, 4) is 11.5 Å². The van der Waals surface area contributed by atoms with Gasteiger partial charge in [-0.1, -0.05) is 60.7 Å². The number of aliphatic carboxylic acids is 1. The van der Waals surface area contributed by atoms with Gasteiger partial charge in [-0.15, -0.1) is 0 Å². The molecule has 3 rings (SSSR count). The number of hydrogen-bond donors (Lipinski definition) is 2. The largest absolute Gasteiger partial charge is 0.507 e. The molecule has 0 saturated heterocycles. The maximum absolute atomic E-state index is 11.5. The van der Waals surface area contributed by atoms with Gasteiger partial charge in [0.2, 0.25) is 0 Å². The lowest BCUT2D eigenvalue weighted by Crippen LogP contribution is -2.09. The van der Waals surface area contributed by atoms with Crippen LogP contribution in [0.5, 0.6) is 11.5 Å². The van der Waals surface area contributed by atoms with E-state index in [0.717, 1.165) is 11.1 Å². The van der Waals surface area contributed by atoms with Crippen LogP contribution in [-0.4, -0.2) is 22.0 Å². The summed E-state index contributed by atoms with van der Waals surface area (Å²) in [6.45, 7) is 0.577. The lowest BCUT2D eigenvalue weighted by Gasteiger charge is -2.15. The van der Waals surface area contributed by atoms with Gasteiger partial charge in [0.05, 0.1) is 3.57 Å². The number of aliphatic hydroxyl groups is 1. The molecule has 3 aromatic carbocycles. The van der Waals surface area contributed by atoms with Crippen molar-refractivity contribution in [2.45, 2.75) is 13.2 Å². The van der Waals surface area contributed by atoms with Gasteiger partial charge in [-0.25, -0.2) is 4.79 Å². The number of aliphatic hydroxyl groups excluding tert-OH is 1. The monoisotopic (exact) mass is 530 g/mol. The second kappa shape index (κ2) is 10.6. The minimum Gasteiger partial charge on any atom is -0.507 e. The predicted octanol–water partition coefficient (Wildman–Crippen LogP) is 5.00. The number of carbonyl (C=O) groups excluding carboxylic acids is 1. The maximum atomic E-state index is 11.5. The highest BCUT2D eigenvalue weighted by molar-refractivity contribution is 14.1. The number of carbonyl (C=O) groups is 2. The van der Waals surface area contributed by atoms with E-state index in [1.807, 2.05) is 60.7 Å². The first-order valence-corrected chi connectivity index (χ1v) is 10.4. The van der Waals surface area contributed by atoms with Crippen LogP contribution in [0.4, 0.5) is 0 Å². The number of ether oxygens (including phenoxy) is 2. The molecule has 0 aliphatic rings. The van der Waals surface area contributed by atoms with E-state index in [1.165, 1.54) is 0 Å². The Morgan fingerprint density at radius 2 is 1.26 bits per heavy atom. The van der Waals surface area contributed by atoms with Crippen LogP contribution in [0, 0.1) is 3.57 Å². The maximum Gasteiger partial charge on any atom is 0.376 e. The molecule has 0 aromatic heterocycles. The molecule has 0 unspecified atom stereocenters. The third kappa shape index (κ3) is 6.32. The van der Waals surface area contributed by atoms with Crippen LogP contribution in [0.3, 0.4) is 0 Å². The van der Waals surface area contributed by atoms with Crippen molar-refractivity contribution in [2.24, 2.45) is 0 Å². The van der Waals surface area contributed by atoms with Gasteiger partial charge in [-0.2, -0.15) is 0 Å². The van der Waals surface area contributed by atoms with Gasteiger partial charge < -0.3 is 19.7 Å². The highest BCUT2D eigenvalue weighted by Gasteiger charge is 2.16. The quantitative estimate of drug-likeness (QED) is 0.175. The second-order valence-electron chi connectivity index (χ2n) is 6.53. The molecule has 0 aliphatic heterocycles. The Labute approximate surface area is 192 Å². The topological polar surface area (TPSA) is 93.1 Å². The van der Waals surface area contributed by atoms with Gasteiger partial charge in [0.1, 0.15) is 30.5 Å². The number of carboxylic acids is 1. The van der Waals surface area contributed by atoms with Gasteiger partial charge in [0.15, 0.2) is 0 Å². The third-order valence-electron chi connectivity index (χ3n) is 4.25. The van der Waals surface area contributed by atoms with Crippen molar-refractivity contribution in [3.63, 3.8) is 0 Å². The van der Waals surface area contributed by atoms with Crippen molar-refractivity contribution in [1.82, 2.24) is 0 Å². The van der Waals surface area contributed by atoms with E-state index in [1.54, 1.807) is 12.1 Å². The molecule has 0 bridgehead atoms. The van der Waals surface area contributed by atoms with E-state index in [4.69, 9.17) is 14.6 Å². The Balaban J connectivity index is 1.91. The molecule has 0 aliphatic carbocycles. The van der Waals surface area contributed by atoms with Gasteiger partial charge in [-0.05, 0) is 45.9 Å². The zero-order chi connectivity index (χ0) is 22.2. The summed E-state index contributed by atoms with van der Waals surface area (Å²) in [5.41, 5.74) is 2.12.